The number of fused-ring (bicyclic) bond motifs is 1. The smallest absolute Gasteiger partial charge is 0.262 e. The van der Waals surface area contributed by atoms with Crippen molar-refractivity contribution in [2.45, 2.75) is 57.0 Å². The van der Waals surface area contributed by atoms with Gasteiger partial charge in [0.25, 0.3) is 11.5 Å². The van der Waals surface area contributed by atoms with Crippen LogP contribution in [0.1, 0.15) is 52.7 Å². The van der Waals surface area contributed by atoms with Crippen LogP contribution in [0.4, 0.5) is 0 Å². The fourth-order valence-corrected chi connectivity index (χ4v) is 5.78. The third kappa shape index (κ3) is 7.86. The minimum Gasteiger partial charge on any atom is -0.376 e. The van der Waals surface area contributed by atoms with Gasteiger partial charge in [-0.1, -0.05) is 65.9 Å². The van der Waals surface area contributed by atoms with Gasteiger partial charge in [-0.3, -0.25) is 19.0 Å². The number of carbonyl (C=O) groups is 2. The molecule has 42 heavy (non-hydrogen) atoms. The highest BCUT2D eigenvalue weighted by molar-refractivity contribution is 7.99. The van der Waals surface area contributed by atoms with Crippen molar-refractivity contribution >= 4 is 34.5 Å². The first kappa shape index (κ1) is 29.5. The summed E-state index contributed by atoms with van der Waals surface area (Å²) < 4.78 is 7.26. The van der Waals surface area contributed by atoms with Gasteiger partial charge in [0.2, 0.25) is 5.91 Å². The summed E-state index contributed by atoms with van der Waals surface area (Å²) in [5.74, 6) is 0.507. The summed E-state index contributed by atoms with van der Waals surface area (Å²) in [6.07, 6.45) is 3.14. The molecule has 3 aromatic carbocycles. The first-order valence-corrected chi connectivity index (χ1v) is 15.4. The van der Waals surface area contributed by atoms with Crippen LogP contribution in [0.25, 0.3) is 10.9 Å². The van der Waals surface area contributed by atoms with Crippen molar-refractivity contribution in [2.24, 2.45) is 0 Å². The lowest BCUT2D eigenvalue weighted by Gasteiger charge is -2.14. The highest BCUT2D eigenvalue weighted by Crippen LogP contribution is 2.21. The number of aromatic nitrogens is 2. The maximum Gasteiger partial charge on any atom is 0.262 e. The number of nitrogens with zero attached hydrogens (tertiary/aromatic N) is 2. The van der Waals surface area contributed by atoms with Gasteiger partial charge in [-0.2, -0.15) is 0 Å². The van der Waals surface area contributed by atoms with E-state index in [-0.39, 0.29) is 23.5 Å². The van der Waals surface area contributed by atoms with Crippen molar-refractivity contribution in [1.82, 2.24) is 20.2 Å². The average Bonchev–Trinajstić information content (AvgIpc) is 3.54. The molecule has 1 aliphatic rings. The number of para-hydroxylation sites is 1. The first-order valence-electron chi connectivity index (χ1n) is 14.4. The van der Waals surface area contributed by atoms with Gasteiger partial charge < -0.3 is 15.4 Å². The molecule has 5 rings (SSSR count). The molecule has 1 fully saturated rings. The molecular formula is C33H36N4O4S. The maximum absolute atomic E-state index is 13.5. The monoisotopic (exact) mass is 584 g/mol. The molecule has 2 heterocycles. The molecule has 1 atom stereocenters. The van der Waals surface area contributed by atoms with Gasteiger partial charge >= 0.3 is 0 Å². The molecular weight excluding hydrogens is 548 g/mol. The van der Waals surface area contributed by atoms with Crippen LogP contribution in [-0.4, -0.2) is 46.4 Å². The Kier molecular flexibility index (Phi) is 10.0. The summed E-state index contributed by atoms with van der Waals surface area (Å²) in [6, 6.07) is 22.7. The lowest BCUT2D eigenvalue weighted by Crippen LogP contribution is -2.31. The number of ether oxygens (including phenoxy) is 1. The van der Waals surface area contributed by atoms with Gasteiger partial charge in [0, 0.05) is 37.4 Å². The van der Waals surface area contributed by atoms with E-state index in [2.05, 4.69) is 10.6 Å². The Bertz CT molecular complexity index is 1580. The average molecular weight is 585 g/mol. The Morgan fingerprint density at radius 1 is 1.00 bits per heavy atom. The van der Waals surface area contributed by atoms with Gasteiger partial charge in [0.05, 0.1) is 23.6 Å². The Morgan fingerprint density at radius 3 is 2.52 bits per heavy atom. The molecule has 218 valence electrons. The summed E-state index contributed by atoms with van der Waals surface area (Å²) >= 11 is 1.48. The zero-order valence-electron chi connectivity index (χ0n) is 23.8. The molecule has 0 aliphatic carbocycles. The Balaban J connectivity index is 1.20. The van der Waals surface area contributed by atoms with Crippen molar-refractivity contribution in [1.29, 1.82) is 0 Å². The van der Waals surface area contributed by atoms with Gasteiger partial charge in [0.15, 0.2) is 5.16 Å². The number of hydrogen-bond acceptors (Lipinski definition) is 6. The predicted octanol–water partition coefficient (Wildman–Crippen LogP) is 4.85. The van der Waals surface area contributed by atoms with E-state index in [9.17, 15) is 14.4 Å². The summed E-state index contributed by atoms with van der Waals surface area (Å²) in [4.78, 5) is 43.3. The van der Waals surface area contributed by atoms with Crippen LogP contribution in [0, 0.1) is 6.92 Å². The topological polar surface area (TPSA) is 102 Å². The predicted molar refractivity (Wildman–Crippen MR) is 166 cm³/mol. The molecule has 1 aliphatic heterocycles. The largest absolute Gasteiger partial charge is 0.376 e. The number of carbonyl (C=O) groups excluding carboxylic acids is 2. The van der Waals surface area contributed by atoms with Crippen LogP contribution in [0.15, 0.2) is 82.7 Å². The van der Waals surface area contributed by atoms with Crippen LogP contribution in [0.5, 0.6) is 0 Å². The maximum atomic E-state index is 13.5. The molecule has 1 saturated heterocycles. The zero-order chi connectivity index (χ0) is 29.3. The molecule has 0 saturated carbocycles. The van der Waals surface area contributed by atoms with Crippen molar-refractivity contribution in [3.8, 4) is 0 Å². The summed E-state index contributed by atoms with van der Waals surface area (Å²) in [7, 11) is 0. The SMILES string of the molecule is Cc1ccc(CNC(=O)CCCSc2nc3ccccc3c(=O)n2Cc2ccc(C(=O)NCC3CCCO3)cc2)cc1. The van der Waals surface area contributed by atoms with Crippen molar-refractivity contribution < 1.29 is 14.3 Å². The second-order valence-electron chi connectivity index (χ2n) is 10.6. The van der Waals surface area contributed by atoms with Crippen LogP contribution in [-0.2, 0) is 22.6 Å². The van der Waals surface area contributed by atoms with E-state index in [0.29, 0.717) is 59.9 Å². The lowest BCUT2D eigenvalue weighted by atomic mass is 10.1. The Hall–Kier alpha value is -3.95. The highest BCUT2D eigenvalue weighted by Gasteiger charge is 2.17. The molecule has 1 unspecified atom stereocenters. The van der Waals surface area contributed by atoms with Crippen molar-refractivity contribution in [3.63, 3.8) is 0 Å². The number of amides is 2. The number of aryl methyl sites for hydroxylation is 1. The number of rotatable bonds is 12. The minimum absolute atomic E-state index is 0.0000639. The van der Waals surface area contributed by atoms with E-state index in [1.807, 2.05) is 61.5 Å². The van der Waals surface area contributed by atoms with Crippen LogP contribution in [0.3, 0.4) is 0 Å². The van der Waals surface area contributed by atoms with Crippen molar-refractivity contribution in [3.05, 3.63) is 105 Å². The van der Waals surface area contributed by atoms with Gasteiger partial charge in [-0.25, -0.2) is 4.98 Å². The molecule has 0 radical (unpaired) electrons. The Morgan fingerprint density at radius 2 is 1.76 bits per heavy atom. The summed E-state index contributed by atoms with van der Waals surface area (Å²) in [6.45, 7) is 4.13. The van der Waals surface area contributed by atoms with Crippen molar-refractivity contribution in [2.75, 3.05) is 18.9 Å². The van der Waals surface area contributed by atoms with E-state index in [4.69, 9.17) is 9.72 Å². The number of hydrogen-bond donors (Lipinski definition) is 2. The van der Waals surface area contributed by atoms with E-state index in [1.165, 1.54) is 17.3 Å². The number of thioether (sulfide) groups is 1. The van der Waals surface area contributed by atoms with Gasteiger partial charge in [-0.05, 0) is 61.6 Å². The van der Waals surface area contributed by atoms with Gasteiger partial charge in [-0.15, -0.1) is 0 Å². The fraction of sp³-hybridized carbons (Fsp3) is 0.333. The van der Waals surface area contributed by atoms with E-state index >= 15 is 0 Å². The van der Waals surface area contributed by atoms with Crippen LogP contribution in [0.2, 0.25) is 0 Å². The lowest BCUT2D eigenvalue weighted by molar-refractivity contribution is -0.121. The molecule has 9 heteroatoms. The highest BCUT2D eigenvalue weighted by atomic mass is 32.2. The molecule has 8 nitrogen and oxygen atoms in total. The normalized spacial score (nSPS) is 14.6. The van der Waals surface area contributed by atoms with E-state index < -0.39 is 0 Å². The molecule has 1 aromatic heterocycles. The summed E-state index contributed by atoms with van der Waals surface area (Å²) in [5, 5.41) is 7.08. The molecule has 4 aromatic rings. The quantitative estimate of drug-likeness (QED) is 0.140. The third-order valence-corrected chi connectivity index (χ3v) is 8.35. The minimum atomic E-state index is -0.138. The fourth-order valence-electron chi connectivity index (χ4n) is 4.85. The molecule has 0 bridgehead atoms. The second-order valence-corrected chi connectivity index (χ2v) is 11.6. The second kappa shape index (κ2) is 14.3. The summed E-state index contributed by atoms with van der Waals surface area (Å²) in [5.41, 5.74) is 4.25. The van der Waals surface area contributed by atoms with Crippen LogP contribution >= 0.6 is 11.8 Å². The Labute approximate surface area is 249 Å². The first-order chi connectivity index (χ1) is 20.5. The van der Waals surface area contributed by atoms with E-state index in [0.717, 1.165) is 30.6 Å². The number of nitrogens with one attached hydrogen (secondary N) is 2. The molecule has 2 N–H and O–H groups in total. The standard InChI is InChI=1S/C33H36N4O4S/c1-23-10-12-24(13-11-23)20-34-30(38)9-5-19-42-33-36-29-8-3-2-7-28(29)32(40)37(33)22-25-14-16-26(17-15-25)31(39)35-21-27-6-4-18-41-27/h2-3,7-8,10-17,27H,4-6,9,18-22H2,1H3,(H,34,38)(H,35,39). The number of benzene rings is 3. The zero-order valence-corrected chi connectivity index (χ0v) is 24.6. The molecule has 0 spiro atoms. The molecule has 2 amide bonds. The van der Waals surface area contributed by atoms with E-state index in [1.54, 1.807) is 22.8 Å². The van der Waals surface area contributed by atoms with Gasteiger partial charge in [0.1, 0.15) is 0 Å². The van der Waals surface area contributed by atoms with Crippen LogP contribution < -0.4 is 16.2 Å². The third-order valence-electron chi connectivity index (χ3n) is 7.29.